The zero-order valence-corrected chi connectivity index (χ0v) is 19.4. The molecule has 1 aliphatic heterocycles. The van der Waals surface area contributed by atoms with Crippen LogP contribution in [0.25, 0.3) is 0 Å². The Balaban J connectivity index is 0.00000341. The van der Waals surface area contributed by atoms with Crippen molar-refractivity contribution >= 4 is 28.9 Å². The van der Waals surface area contributed by atoms with Gasteiger partial charge in [-0.3, -0.25) is 0 Å². The maximum Gasteiger partial charge on any atom is 0.339 e. The molecule has 8 nitrogen and oxygen atoms in total. The molecule has 10 heteroatoms. The molecule has 170 valence electrons. The average molecular weight is 470 g/mol. The van der Waals surface area contributed by atoms with Gasteiger partial charge >= 0.3 is 10.1 Å². The average Bonchev–Trinajstić information content (AvgIpc) is 2.74. The normalized spacial score (nSPS) is 14.9. The van der Waals surface area contributed by atoms with Crippen molar-refractivity contribution in [1.29, 1.82) is 0 Å². The van der Waals surface area contributed by atoms with E-state index in [-0.39, 0.29) is 29.0 Å². The minimum atomic E-state index is -4.06. The van der Waals surface area contributed by atoms with E-state index in [0.717, 1.165) is 37.1 Å². The Morgan fingerprint density at radius 3 is 2.45 bits per heavy atom. The number of nitrogens with zero attached hydrogens (tertiary/aromatic N) is 2. The highest BCUT2D eigenvalue weighted by Gasteiger charge is 2.27. The first kappa shape index (κ1) is 24.6. The van der Waals surface area contributed by atoms with Gasteiger partial charge in [0.05, 0.1) is 14.2 Å². The van der Waals surface area contributed by atoms with Gasteiger partial charge in [0.25, 0.3) is 0 Å². The van der Waals surface area contributed by atoms with Gasteiger partial charge in [-0.05, 0) is 49.4 Å². The van der Waals surface area contributed by atoms with Gasteiger partial charge in [0, 0.05) is 24.7 Å². The molecule has 3 rings (SSSR count). The lowest BCUT2D eigenvalue weighted by Crippen LogP contribution is -2.32. The minimum absolute atomic E-state index is 0. The van der Waals surface area contributed by atoms with E-state index in [2.05, 4.69) is 10.0 Å². The third kappa shape index (κ3) is 5.74. The molecule has 0 bridgehead atoms. The second kappa shape index (κ2) is 10.6. The molecule has 31 heavy (non-hydrogen) atoms. The van der Waals surface area contributed by atoms with Gasteiger partial charge in [0.1, 0.15) is 17.0 Å². The summed E-state index contributed by atoms with van der Waals surface area (Å²) in [6.07, 6.45) is 3.38. The number of methoxy groups -OCH3 is 2. The van der Waals surface area contributed by atoms with Crippen molar-refractivity contribution in [3.05, 3.63) is 47.5 Å². The second-order valence-electron chi connectivity index (χ2n) is 7.18. The quantitative estimate of drug-likeness (QED) is 0.218. The maximum absolute atomic E-state index is 12.9. The predicted molar refractivity (Wildman–Crippen MR) is 122 cm³/mol. The molecule has 1 heterocycles. The van der Waals surface area contributed by atoms with Crippen LogP contribution in [-0.2, 0) is 10.1 Å². The van der Waals surface area contributed by atoms with E-state index in [9.17, 15) is 8.42 Å². The Morgan fingerprint density at radius 1 is 1.13 bits per heavy atom. The Morgan fingerprint density at radius 2 is 1.84 bits per heavy atom. The van der Waals surface area contributed by atoms with Crippen LogP contribution < -0.4 is 19.5 Å². The van der Waals surface area contributed by atoms with Gasteiger partial charge in [-0.15, -0.1) is 12.4 Å². The standard InChI is InChI=1S/C21H27N3O5S.ClH/c1-15-11-19(16-7-9-24(10-8-16)14-23-22)21(28-3)20(12-15)29-30(25,26)18-6-4-5-17(13-18)27-2;/h4-6,11-14,16H,7-10,22H2,1-3H3;1H. The SMILES string of the molecule is COc1cccc(S(=O)(=O)Oc2cc(C)cc(C3CCN(C=NN)CC3)c2OC)c1.Cl. The Kier molecular flexibility index (Phi) is 8.41. The highest BCUT2D eigenvalue weighted by Crippen LogP contribution is 2.41. The molecule has 1 aliphatic rings. The first-order chi connectivity index (χ1) is 14.4. The number of ether oxygens (including phenoxy) is 2. The van der Waals surface area contributed by atoms with Crippen molar-refractivity contribution in [2.75, 3.05) is 27.3 Å². The number of aryl methyl sites for hydroxylation is 1. The number of hydrazone groups is 1. The molecule has 0 aliphatic carbocycles. The summed E-state index contributed by atoms with van der Waals surface area (Å²) in [5.41, 5.74) is 1.84. The molecule has 1 fully saturated rings. The van der Waals surface area contributed by atoms with Crippen molar-refractivity contribution in [1.82, 2.24) is 4.90 Å². The summed E-state index contributed by atoms with van der Waals surface area (Å²) in [5.74, 6) is 6.51. The number of nitrogens with two attached hydrogens (primary N) is 1. The van der Waals surface area contributed by atoms with E-state index in [0.29, 0.717) is 11.5 Å². The molecule has 1 saturated heterocycles. The number of rotatable bonds is 7. The molecule has 0 radical (unpaired) electrons. The number of benzene rings is 2. The third-order valence-corrected chi connectivity index (χ3v) is 6.39. The zero-order valence-electron chi connectivity index (χ0n) is 17.8. The summed E-state index contributed by atoms with van der Waals surface area (Å²) in [6.45, 7) is 3.52. The fraction of sp³-hybridized carbons (Fsp3) is 0.381. The van der Waals surface area contributed by atoms with Gasteiger partial charge in [-0.25, -0.2) is 0 Å². The summed E-state index contributed by atoms with van der Waals surface area (Å²) >= 11 is 0. The third-order valence-electron chi connectivity index (χ3n) is 5.16. The fourth-order valence-electron chi connectivity index (χ4n) is 3.69. The van der Waals surface area contributed by atoms with Gasteiger partial charge < -0.3 is 24.4 Å². The molecule has 2 aromatic carbocycles. The van der Waals surface area contributed by atoms with Gasteiger partial charge in [-0.1, -0.05) is 12.1 Å². The Hall–Kier alpha value is -2.65. The van der Waals surface area contributed by atoms with Gasteiger partial charge in [0.2, 0.25) is 0 Å². The van der Waals surface area contributed by atoms with E-state index in [1.54, 1.807) is 24.5 Å². The lowest BCUT2D eigenvalue weighted by molar-refractivity contribution is 0.311. The number of likely N-dealkylation sites (tertiary alicyclic amines) is 1. The van der Waals surface area contributed by atoms with Crippen LogP contribution in [0.2, 0.25) is 0 Å². The zero-order chi connectivity index (χ0) is 21.7. The van der Waals surface area contributed by atoms with E-state index < -0.39 is 10.1 Å². The highest BCUT2D eigenvalue weighted by atomic mass is 35.5. The molecular formula is C21H28ClN3O5S. The number of piperidine rings is 1. The lowest BCUT2D eigenvalue weighted by Gasteiger charge is -2.31. The predicted octanol–water partition coefficient (Wildman–Crippen LogP) is 3.28. The summed E-state index contributed by atoms with van der Waals surface area (Å²) in [4.78, 5) is 2.07. The molecular weight excluding hydrogens is 442 g/mol. The fourth-order valence-corrected chi connectivity index (χ4v) is 4.66. The van der Waals surface area contributed by atoms with Crippen LogP contribution in [0.15, 0.2) is 46.4 Å². The molecule has 0 unspecified atom stereocenters. The lowest BCUT2D eigenvalue weighted by atomic mass is 9.88. The molecule has 0 aromatic heterocycles. The van der Waals surface area contributed by atoms with Crippen molar-refractivity contribution in [2.24, 2.45) is 10.9 Å². The Bertz CT molecular complexity index is 1020. The van der Waals surface area contributed by atoms with Gasteiger partial charge in [0.15, 0.2) is 11.5 Å². The summed E-state index contributed by atoms with van der Waals surface area (Å²) < 4.78 is 42.0. The monoisotopic (exact) mass is 469 g/mol. The summed E-state index contributed by atoms with van der Waals surface area (Å²) in [7, 11) is -1.06. The Labute approximate surface area is 189 Å². The van der Waals surface area contributed by atoms with E-state index in [1.807, 2.05) is 13.0 Å². The van der Waals surface area contributed by atoms with Crippen molar-refractivity contribution in [3.8, 4) is 17.2 Å². The summed E-state index contributed by atoms with van der Waals surface area (Å²) in [5, 5.41) is 3.58. The van der Waals surface area contributed by atoms with Crippen LogP contribution >= 0.6 is 12.4 Å². The molecule has 0 amide bonds. The smallest absolute Gasteiger partial charge is 0.339 e. The van der Waals surface area contributed by atoms with Crippen molar-refractivity contribution in [3.63, 3.8) is 0 Å². The topological polar surface area (TPSA) is 103 Å². The maximum atomic E-state index is 12.9. The minimum Gasteiger partial charge on any atom is -0.497 e. The number of hydrogen-bond acceptors (Lipinski definition) is 7. The van der Waals surface area contributed by atoms with Crippen LogP contribution in [0.5, 0.6) is 17.2 Å². The number of halogens is 1. The van der Waals surface area contributed by atoms with E-state index >= 15 is 0 Å². The summed E-state index contributed by atoms with van der Waals surface area (Å²) in [6, 6.07) is 9.87. The largest absolute Gasteiger partial charge is 0.497 e. The molecule has 0 spiro atoms. The number of hydrogen-bond donors (Lipinski definition) is 1. The molecule has 2 N–H and O–H groups in total. The first-order valence-electron chi connectivity index (χ1n) is 9.62. The van der Waals surface area contributed by atoms with Crippen molar-refractivity contribution in [2.45, 2.75) is 30.6 Å². The van der Waals surface area contributed by atoms with E-state index in [4.69, 9.17) is 19.5 Å². The molecule has 2 aromatic rings. The first-order valence-corrected chi connectivity index (χ1v) is 11.0. The van der Waals surface area contributed by atoms with Crippen LogP contribution in [0.4, 0.5) is 0 Å². The van der Waals surface area contributed by atoms with Crippen LogP contribution in [-0.4, -0.2) is 47.0 Å². The highest BCUT2D eigenvalue weighted by molar-refractivity contribution is 7.87. The van der Waals surface area contributed by atoms with Crippen LogP contribution in [0, 0.1) is 6.92 Å². The molecule has 0 atom stereocenters. The van der Waals surface area contributed by atoms with E-state index in [1.165, 1.54) is 26.4 Å². The molecule has 0 saturated carbocycles. The van der Waals surface area contributed by atoms with Crippen LogP contribution in [0.1, 0.15) is 29.9 Å². The van der Waals surface area contributed by atoms with Gasteiger partial charge in [-0.2, -0.15) is 13.5 Å². The van der Waals surface area contributed by atoms with Crippen LogP contribution in [0.3, 0.4) is 0 Å². The second-order valence-corrected chi connectivity index (χ2v) is 8.72. The van der Waals surface area contributed by atoms with Crippen molar-refractivity contribution < 1.29 is 22.1 Å².